The summed E-state index contributed by atoms with van der Waals surface area (Å²) < 4.78 is 6.84. The fraction of sp³-hybridized carbons (Fsp3) is 0.148. The summed E-state index contributed by atoms with van der Waals surface area (Å²) in [5, 5.41) is 0. The third-order valence-electron chi connectivity index (χ3n) is 12.8. The van der Waals surface area contributed by atoms with Gasteiger partial charge in [-0.3, -0.25) is 9.97 Å². The van der Waals surface area contributed by atoms with Gasteiger partial charge in [-0.25, -0.2) is 0 Å². The van der Waals surface area contributed by atoms with Gasteiger partial charge in [-0.15, -0.1) is 0 Å². The van der Waals surface area contributed by atoms with Crippen LogP contribution < -0.4 is 14.5 Å². The Hall–Kier alpha value is -7.76. The molecule has 1 aliphatic rings. The largest absolute Gasteiger partial charge is 0.457 e. The highest BCUT2D eigenvalue weighted by Crippen LogP contribution is 2.57. The van der Waals surface area contributed by atoms with Crippen molar-refractivity contribution >= 4 is 34.1 Å². The van der Waals surface area contributed by atoms with Crippen LogP contribution in [0, 0.1) is 0 Å². The van der Waals surface area contributed by atoms with Gasteiger partial charge >= 0.3 is 0 Å². The van der Waals surface area contributed by atoms with Crippen molar-refractivity contribution in [2.45, 2.75) is 57.8 Å². The molecule has 9 aromatic rings. The minimum Gasteiger partial charge on any atom is -0.457 e. The molecule has 0 aliphatic carbocycles. The van der Waals surface area contributed by atoms with Crippen LogP contribution in [0.3, 0.4) is 0 Å². The summed E-state index contributed by atoms with van der Waals surface area (Å²) in [5.74, 6) is 1.45. The summed E-state index contributed by atoms with van der Waals surface area (Å²) >= 11 is 0. The van der Waals surface area contributed by atoms with Crippen LogP contribution in [0.15, 0.2) is 219 Å². The van der Waals surface area contributed by atoms with Gasteiger partial charge in [0.15, 0.2) is 0 Å². The maximum Gasteiger partial charge on any atom is 0.128 e. The molecule has 2 aromatic heterocycles. The SMILES string of the molecule is CC(C)(C)c1ccc(N(c2ccc(C(C)(C)C)cc2)c2ccnc(-c3cccc(Oc4cccc(C5(c6ccccn6)c6ccccc6N(c6ccccc6)c6ccccc65)c4)c3)c2)cc1. The lowest BCUT2D eigenvalue weighted by molar-refractivity contribution is 0.481. The van der Waals surface area contributed by atoms with Crippen LogP contribution in [0.4, 0.5) is 34.1 Å². The van der Waals surface area contributed by atoms with E-state index in [1.165, 1.54) is 11.1 Å². The quantitative estimate of drug-likeness (QED) is 0.145. The molecule has 0 spiro atoms. The van der Waals surface area contributed by atoms with Crippen LogP contribution in [0.1, 0.15) is 75.1 Å². The zero-order valence-electron chi connectivity index (χ0n) is 38.5. The van der Waals surface area contributed by atoms with Crippen molar-refractivity contribution in [3.05, 3.63) is 252 Å². The first kappa shape index (κ1) is 42.2. The van der Waals surface area contributed by atoms with Gasteiger partial charge in [-0.2, -0.15) is 0 Å². The van der Waals surface area contributed by atoms with Gasteiger partial charge in [0.05, 0.1) is 28.2 Å². The van der Waals surface area contributed by atoms with E-state index in [0.29, 0.717) is 0 Å². The van der Waals surface area contributed by atoms with Crippen molar-refractivity contribution in [1.82, 2.24) is 9.97 Å². The Balaban J connectivity index is 1.03. The first-order valence-electron chi connectivity index (χ1n) is 22.8. The number of fused-ring (bicyclic) bond motifs is 2. The summed E-state index contributed by atoms with van der Waals surface area (Å²) in [5.41, 5.74) is 14.5. The average Bonchev–Trinajstić information content (AvgIpc) is 3.34. The Kier molecular flexibility index (Phi) is 10.9. The predicted molar refractivity (Wildman–Crippen MR) is 273 cm³/mol. The van der Waals surface area contributed by atoms with Gasteiger partial charge < -0.3 is 14.5 Å². The number of para-hydroxylation sites is 3. The fourth-order valence-electron chi connectivity index (χ4n) is 9.45. The van der Waals surface area contributed by atoms with E-state index in [1.54, 1.807) is 0 Å². The van der Waals surface area contributed by atoms with E-state index < -0.39 is 5.41 Å². The molecule has 1 aliphatic heterocycles. The van der Waals surface area contributed by atoms with E-state index in [0.717, 1.165) is 79.3 Å². The molecule has 0 saturated heterocycles. The molecule has 0 amide bonds. The van der Waals surface area contributed by atoms with Crippen LogP contribution in [0.25, 0.3) is 11.3 Å². The molecule has 3 heterocycles. The number of hydrogen-bond donors (Lipinski definition) is 0. The third-order valence-corrected chi connectivity index (χ3v) is 12.8. The number of anilines is 6. The molecule has 66 heavy (non-hydrogen) atoms. The number of benzene rings is 7. The van der Waals surface area contributed by atoms with Crippen LogP contribution in [0.5, 0.6) is 11.5 Å². The Morgan fingerprint density at radius 1 is 0.455 bits per heavy atom. The van der Waals surface area contributed by atoms with Gasteiger partial charge in [0, 0.05) is 40.7 Å². The molecule has 0 N–H and O–H groups in total. The normalized spacial score (nSPS) is 13.1. The molecular weight excluding hydrogens is 805 g/mol. The fourth-order valence-corrected chi connectivity index (χ4v) is 9.45. The number of hydrogen-bond acceptors (Lipinski definition) is 5. The highest BCUT2D eigenvalue weighted by atomic mass is 16.5. The summed E-state index contributed by atoms with van der Waals surface area (Å²) in [6.45, 7) is 13.5. The van der Waals surface area contributed by atoms with Gasteiger partial charge in [0.1, 0.15) is 11.5 Å². The number of ether oxygens (including phenoxy) is 1. The number of rotatable bonds is 9. The van der Waals surface area contributed by atoms with Crippen LogP contribution >= 0.6 is 0 Å². The Morgan fingerprint density at radius 2 is 1.02 bits per heavy atom. The first-order valence-corrected chi connectivity index (χ1v) is 22.8. The Bertz CT molecular complexity index is 3030. The number of pyridine rings is 2. The maximum absolute atomic E-state index is 6.84. The lowest BCUT2D eigenvalue weighted by Crippen LogP contribution is -2.38. The topological polar surface area (TPSA) is 41.5 Å². The molecule has 0 atom stereocenters. The van der Waals surface area contributed by atoms with Crippen molar-refractivity contribution in [1.29, 1.82) is 0 Å². The van der Waals surface area contributed by atoms with Gasteiger partial charge in [-0.05, 0) is 136 Å². The zero-order chi connectivity index (χ0) is 45.5. The molecule has 7 aromatic carbocycles. The van der Waals surface area contributed by atoms with Crippen molar-refractivity contribution < 1.29 is 4.74 Å². The van der Waals surface area contributed by atoms with Gasteiger partial charge in [-0.1, -0.05) is 151 Å². The van der Waals surface area contributed by atoms with E-state index in [2.05, 4.69) is 233 Å². The van der Waals surface area contributed by atoms with E-state index in [9.17, 15) is 0 Å². The van der Waals surface area contributed by atoms with Gasteiger partial charge in [0.25, 0.3) is 0 Å². The molecule has 324 valence electrons. The summed E-state index contributed by atoms with van der Waals surface area (Å²) in [7, 11) is 0. The minimum absolute atomic E-state index is 0.0493. The molecule has 10 rings (SSSR count). The summed E-state index contributed by atoms with van der Waals surface area (Å²) in [4.78, 5) is 14.7. The molecule has 0 bridgehead atoms. The van der Waals surface area contributed by atoms with Crippen LogP contribution in [0.2, 0.25) is 0 Å². The molecule has 0 unspecified atom stereocenters. The second kappa shape index (κ2) is 17.0. The molecule has 0 radical (unpaired) electrons. The summed E-state index contributed by atoms with van der Waals surface area (Å²) in [6.07, 6.45) is 3.79. The molecule has 0 fully saturated rings. The van der Waals surface area contributed by atoms with Crippen molar-refractivity contribution in [2.75, 3.05) is 9.80 Å². The minimum atomic E-state index is -0.753. The standard InChI is InChI=1S/C61H54N4O/c1-59(2,3)44-29-33-48(34-30-44)64(49-35-31-45(32-36-49)60(4,5)6)50-37-39-62-55(42-50)43-18-16-22-51(40-43)66-52-23-17-19-46(41-52)61(58-28-14-15-38-63-58)53-24-10-12-26-56(53)65(47-20-8-7-9-21-47)57-27-13-11-25-54(57)61/h7-42H,1-6H3. The molecule has 0 saturated carbocycles. The summed E-state index contributed by atoms with van der Waals surface area (Å²) in [6, 6.07) is 73.1. The predicted octanol–water partition coefficient (Wildman–Crippen LogP) is 16.2. The first-order chi connectivity index (χ1) is 32.0. The maximum atomic E-state index is 6.84. The van der Waals surface area contributed by atoms with E-state index in [4.69, 9.17) is 14.7 Å². The lowest BCUT2D eigenvalue weighted by Gasteiger charge is -2.45. The highest BCUT2D eigenvalue weighted by Gasteiger charge is 2.47. The van der Waals surface area contributed by atoms with Crippen LogP contribution in [-0.4, -0.2) is 9.97 Å². The monoisotopic (exact) mass is 858 g/mol. The lowest BCUT2D eigenvalue weighted by atomic mass is 9.64. The third kappa shape index (κ3) is 7.81. The molecular formula is C61H54N4O. The van der Waals surface area contributed by atoms with E-state index in [-0.39, 0.29) is 10.8 Å². The highest BCUT2D eigenvalue weighted by molar-refractivity contribution is 5.89. The van der Waals surface area contributed by atoms with Crippen LogP contribution in [-0.2, 0) is 16.2 Å². The van der Waals surface area contributed by atoms with Crippen molar-refractivity contribution in [2.24, 2.45) is 0 Å². The average molecular weight is 859 g/mol. The Labute approximate surface area is 389 Å². The Morgan fingerprint density at radius 3 is 1.61 bits per heavy atom. The smallest absolute Gasteiger partial charge is 0.128 e. The second-order valence-electron chi connectivity index (χ2n) is 19.2. The van der Waals surface area contributed by atoms with Crippen molar-refractivity contribution in [3.63, 3.8) is 0 Å². The zero-order valence-corrected chi connectivity index (χ0v) is 38.5. The van der Waals surface area contributed by atoms with E-state index >= 15 is 0 Å². The molecule has 5 nitrogen and oxygen atoms in total. The molecule has 5 heteroatoms. The van der Waals surface area contributed by atoms with E-state index in [1.807, 2.05) is 36.7 Å². The number of nitrogens with zero attached hydrogens (tertiary/aromatic N) is 4. The number of aromatic nitrogens is 2. The van der Waals surface area contributed by atoms with Gasteiger partial charge in [0.2, 0.25) is 0 Å². The van der Waals surface area contributed by atoms with Crippen molar-refractivity contribution in [3.8, 4) is 22.8 Å². The second-order valence-corrected chi connectivity index (χ2v) is 19.2.